The number of rotatable bonds is 4. The summed E-state index contributed by atoms with van der Waals surface area (Å²) in [6, 6.07) is 6.53. The van der Waals surface area contributed by atoms with E-state index < -0.39 is 40.5 Å². The van der Waals surface area contributed by atoms with Crippen LogP contribution in [0.1, 0.15) is 21.5 Å². The molecule has 0 bridgehead atoms. The number of carbonyl (C=O) groups is 1. The Morgan fingerprint density at radius 1 is 1.17 bits per heavy atom. The topological polar surface area (TPSA) is 84.1 Å². The van der Waals surface area contributed by atoms with Crippen molar-refractivity contribution >= 4 is 11.6 Å². The molecule has 1 amide bonds. The molecule has 1 aromatic carbocycles. The third-order valence-corrected chi connectivity index (χ3v) is 3.80. The van der Waals surface area contributed by atoms with Crippen LogP contribution in [0.3, 0.4) is 0 Å². The lowest BCUT2D eigenvalue weighted by Gasteiger charge is -2.14. The average molecular weight is 407 g/mol. The van der Waals surface area contributed by atoms with Gasteiger partial charge in [-0.3, -0.25) is 9.59 Å². The number of nitrogens with zero attached hydrogens (tertiary/aromatic N) is 1. The van der Waals surface area contributed by atoms with Crippen LogP contribution in [-0.4, -0.2) is 15.9 Å². The number of aromatic nitrogens is 2. The van der Waals surface area contributed by atoms with Crippen LogP contribution in [0.5, 0.6) is 11.6 Å². The molecule has 6 nitrogen and oxygen atoms in total. The van der Waals surface area contributed by atoms with Crippen molar-refractivity contribution in [1.82, 2.24) is 9.97 Å². The molecule has 0 unspecified atom stereocenters. The molecule has 0 spiro atoms. The molecule has 0 aliphatic carbocycles. The summed E-state index contributed by atoms with van der Waals surface area (Å²) in [6.45, 7) is 1.53. The maximum Gasteiger partial charge on any atom is 0.417 e. The van der Waals surface area contributed by atoms with Crippen LogP contribution in [0.25, 0.3) is 0 Å². The first-order valence-corrected chi connectivity index (χ1v) is 8.15. The number of nitrogens with one attached hydrogen (secondary N) is 2. The number of anilines is 1. The van der Waals surface area contributed by atoms with Gasteiger partial charge < -0.3 is 15.0 Å². The first-order valence-electron chi connectivity index (χ1n) is 8.15. The van der Waals surface area contributed by atoms with Gasteiger partial charge in [-0.1, -0.05) is 0 Å². The Balaban J connectivity index is 2.01. The van der Waals surface area contributed by atoms with Gasteiger partial charge in [0.2, 0.25) is 11.4 Å². The van der Waals surface area contributed by atoms with Crippen molar-refractivity contribution < 1.29 is 27.1 Å². The lowest BCUT2D eigenvalue weighted by molar-refractivity contribution is -0.137. The predicted molar refractivity (Wildman–Crippen MR) is 95.5 cm³/mol. The molecular formula is C19H13F4N3O3. The number of benzene rings is 1. The second-order valence-corrected chi connectivity index (χ2v) is 5.98. The van der Waals surface area contributed by atoms with E-state index in [4.69, 9.17) is 4.74 Å². The number of ether oxygens (including phenoxy) is 1. The smallest absolute Gasteiger partial charge is 0.417 e. The van der Waals surface area contributed by atoms with Crippen LogP contribution in [0.4, 0.5) is 23.2 Å². The third kappa shape index (κ3) is 4.78. The number of hydrogen-bond donors (Lipinski definition) is 2. The first kappa shape index (κ1) is 20.1. The Morgan fingerprint density at radius 2 is 1.93 bits per heavy atom. The fourth-order valence-electron chi connectivity index (χ4n) is 2.40. The maximum atomic E-state index is 13.3. The zero-order valence-electron chi connectivity index (χ0n) is 14.8. The minimum atomic E-state index is -4.74. The van der Waals surface area contributed by atoms with Gasteiger partial charge in [-0.15, -0.1) is 0 Å². The molecule has 29 heavy (non-hydrogen) atoms. The van der Waals surface area contributed by atoms with Crippen molar-refractivity contribution in [3.8, 4) is 11.6 Å². The summed E-state index contributed by atoms with van der Waals surface area (Å²) in [5, 5.41) is 2.32. The fourth-order valence-corrected chi connectivity index (χ4v) is 2.40. The zero-order chi connectivity index (χ0) is 21.2. The fraction of sp³-hybridized carbons (Fsp3) is 0.105. The number of amides is 1. The summed E-state index contributed by atoms with van der Waals surface area (Å²) in [5.74, 6) is -1.79. The van der Waals surface area contributed by atoms with Crippen molar-refractivity contribution in [3.05, 3.63) is 81.7 Å². The molecule has 0 fully saturated rings. The Labute approximate surface area is 161 Å². The molecule has 3 aromatic rings. The Hall–Kier alpha value is -3.69. The van der Waals surface area contributed by atoms with Gasteiger partial charge >= 0.3 is 6.18 Å². The van der Waals surface area contributed by atoms with E-state index in [1.807, 2.05) is 0 Å². The second kappa shape index (κ2) is 7.74. The first-order chi connectivity index (χ1) is 13.6. The van der Waals surface area contributed by atoms with Crippen LogP contribution >= 0.6 is 0 Å². The monoisotopic (exact) mass is 407 g/mol. The molecular weight excluding hydrogens is 394 g/mol. The predicted octanol–water partition coefficient (Wildman–Crippen LogP) is 4.28. The van der Waals surface area contributed by atoms with Gasteiger partial charge in [0.25, 0.3) is 5.91 Å². The molecule has 150 valence electrons. The number of carbonyl (C=O) groups excluding carboxylic acids is 1. The van der Waals surface area contributed by atoms with Crippen LogP contribution < -0.4 is 15.6 Å². The van der Waals surface area contributed by atoms with Crippen LogP contribution in [0.15, 0.2) is 53.6 Å². The molecule has 0 aliphatic heterocycles. The molecule has 10 heteroatoms. The van der Waals surface area contributed by atoms with E-state index in [0.29, 0.717) is 17.8 Å². The van der Waals surface area contributed by atoms with E-state index >= 15 is 0 Å². The van der Waals surface area contributed by atoms with E-state index in [2.05, 4.69) is 15.3 Å². The Bertz CT molecular complexity index is 1130. The summed E-state index contributed by atoms with van der Waals surface area (Å²) in [6.07, 6.45) is -2.95. The maximum absolute atomic E-state index is 13.3. The van der Waals surface area contributed by atoms with E-state index in [9.17, 15) is 27.2 Å². The molecule has 0 saturated heterocycles. The molecule has 3 rings (SSSR count). The largest absolute Gasteiger partial charge is 0.438 e. The SMILES string of the molecule is Cc1cc(F)ccc1Oc1ncc(C(F)(F)F)cc1C(=O)Nc1cc[nH]c(=O)c1. The van der Waals surface area contributed by atoms with Gasteiger partial charge in [-0.25, -0.2) is 9.37 Å². The number of aryl methyl sites for hydroxylation is 1. The van der Waals surface area contributed by atoms with Crippen LogP contribution in [0, 0.1) is 12.7 Å². The van der Waals surface area contributed by atoms with E-state index in [1.165, 1.54) is 25.3 Å². The van der Waals surface area contributed by atoms with Crippen molar-refractivity contribution in [2.75, 3.05) is 5.32 Å². The van der Waals surface area contributed by atoms with Gasteiger partial charge in [0.15, 0.2) is 0 Å². The van der Waals surface area contributed by atoms with Crippen LogP contribution in [0.2, 0.25) is 0 Å². The molecule has 0 saturated carbocycles. The van der Waals surface area contributed by atoms with Gasteiger partial charge in [-0.05, 0) is 42.8 Å². The molecule has 0 atom stereocenters. The third-order valence-electron chi connectivity index (χ3n) is 3.80. The highest BCUT2D eigenvalue weighted by molar-refractivity contribution is 6.06. The molecule has 2 aromatic heterocycles. The van der Waals surface area contributed by atoms with Crippen molar-refractivity contribution in [1.29, 1.82) is 0 Å². The Morgan fingerprint density at radius 3 is 2.59 bits per heavy atom. The quantitative estimate of drug-likeness (QED) is 0.633. The van der Waals surface area contributed by atoms with Gasteiger partial charge in [0.05, 0.1) is 5.56 Å². The minimum Gasteiger partial charge on any atom is -0.438 e. The average Bonchev–Trinajstić information content (AvgIpc) is 2.63. The van der Waals surface area contributed by atoms with Crippen molar-refractivity contribution in [2.24, 2.45) is 0 Å². The summed E-state index contributed by atoms with van der Waals surface area (Å²) in [7, 11) is 0. The molecule has 2 N–H and O–H groups in total. The normalized spacial score (nSPS) is 11.2. The second-order valence-electron chi connectivity index (χ2n) is 5.98. The van der Waals surface area contributed by atoms with E-state index in [1.54, 1.807) is 0 Å². The summed E-state index contributed by atoms with van der Waals surface area (Å²) in [4.78, 5) is 29.9. The summed E-state index contributed by atoms with van der Waals surface area (Å²) >= 11 is 0. The molecule has 0 radical (unpaired) electrons. The van der Waals surface area contributed by atoms with Crippen molar-refractivity contribution in [2.45, 2.75) is 13.1 Å². The van der Waals surface area contributed by atoms with E-state index in [0.717, 1.165) is 18.2 Å². The highest BCUT2D eigenvalue weighted by Crippen LogP contribution is 2.33. The lowest BCUT2D eigenvalue weighted by atomic mass is 10.1. The zero-order valence-corrected chi connectivity index (χ0v) is 14.8. The van der Waals surface area contributed by atoms with Gasteiger partial charge in [0, 0.05) is 24.1 Å². The number of hydrogen-bond acceptors (Lipinski definition) is 4. The highest BCUT2D eigenvalue weighted by atomic mass is 19.4. The van der Waals surface area contributed by atoms with Gasteiger partial charge in [-0.2, -0.15) is 13.2 Å². The summed E-state index contributed by atoms with van der Waals surface area (Å²) in [5.41, 5.74) is -1.75. The minimum absolute atomic E-state index is 0.0695. The number of aromatic amines is 1. The standard InChI is InChI=1S/C19H13F4N3O3/c1-10-6-12(20)2-3-15(10)29-18-14(7-11(9-25-18)19(21,22)23)17(28)26-13-4-5-24-16(27)8-13/h2-9H,1H3,(H2,24,26,27,28). The van der Waals surface area contributed by atoms with E-state index in [-0.39, 0.29) is 11.4 Å². The lowest BCUT2D eigenvalue weighted by Crippen LogP contribution is -2.17. The highest BCUT2D eigenvalue weighted by Gasteiger charge is 2.33. The van der Waals surface area contributed by atoms with Crippen LogP contribution in [-0.2, 0) is 6.18 Å². The van der Waals surface area contributed by atoms with Crippen molar-refractivity contribution in [3.63, 3.8) is 0 Å². The number of halogens is 4. The molecule has 0 aliphatic rings. The Kier molecular flexibility index (Phi) is 5.35. The van der Waals surface area contributed by atoms with Gasteiger partial charge in [0.1, 0.15) is 17.1 Å². The number of alkyl halides is 3. The summed E-state index contributed by atoms with van der Waals surface area (Å²) < 4.78 is 58.0. The number of H-pyrrole nitrogens is 1. The molecule has 2 heterocycles. The number of pyridine rings is 2.